The van der Waals surface area contributed by atoms with Crippen molar-refractivity contribution in [3.63, 3.8) is 0 Å². The van der Waals surface area contributed by atoms with Crippen LogP contribution in [0.5, 0.6) is 5.88 Å². The molecule has 2 aromatic carbocycles. The van der Waals surface area contributed by atoms with Gasteiger partial charge in [-0.15, -0.1) is 0 Å². The largest absolute Gasteiger partial charge is 0.481 e. The van der Waals surface area contributed by atoms with Crippen molar-refractivity contribution in [3.05, 3.63) is 59.7 Å². The number of hydrogen-bond donors (Lipinski definition) is 2. The van der Waals surface area contributed by atoms with Crippen LogP contribution in [0, 0.1) is 19.7 Å². The number of aryl methyl sites for hydroxylation is 2. The normalized spacial score (nSPS) is 13.8. The summed E-state index contributed by atoms with van der Waals surface area (Å²) < 4.78 is 20.9. The third-order valence-electron chi connectivity index (χ3n) is 6.09. The van der Waals surface area contributed by atoms with Crippen molar-refractivity contribution in [2.24, 2.45) is 0 Å². The van der Waals surface area contributed by atoms with Gasteiger partial charge in [0.05, 0.1) is 34.7 Å². The summed E-state index contributed by atoms with van der Waals surface area (Å²) in [5, 5.41) is 7.42. The molecule has 0 radical (unpaired) electrons. The summed E-state index contributed by atoms with van der Waals surface area (Å²) in [5.74, 6) is -0.138. The highest BCUT2D eigenvalue weighted by molar-refractivity contribution is 5.81. The van der Waals surface area contributed by atoms with Crippen LogP contribution in [-0.2, 0) is 4.79 Å². The summed E-state index contributed by atoms with van der Waals surface area (Å²) in [6, 6.07) is 9.11. The van der Waals surface area contributed by atoms with Crippen LogP contribution in [0.2, 0.25) is 0 Å². The van der Waals surface area contributed by atoms with E-state index in [-0.39, 0.29) is 11.9 Å². The van der Waals surface area contributed by atoms with Gasteiger partial charge in [0.2, 0.25) is 5.88 Å². The molecule has 5 rings (SSSR count). The van der Waals surface area contributed by atoms with Gasteiger partial charge in [0.1, 0.15) is 17.7 Å². The molecular formula is C27H29FN4O3. The van der Waals surface area contributed by atoms with E-state index in [1.165, 1.54) is 30.9 Å². The van der Waals surface area contributed by atoms with Crippen LogP contribution in [0.25, 0.3) is 33.7 Å². The Morgan fingerprint density at radius 2 is 1.77 bits per heavy atom. The molecule has 8 heteroatoms. The Hall–Kier alpha value is -3.81. The van der Waals surface area contributed by atoms with Crippen molar-refractivity contribution in [1.29, 1.82) is 0 Å². The lowest BCUT2D eigenvalue weighted by Gasteiger charge is -2.22. The molecule has 1 aliphatic carbocycles. The highest BCUT2D eigenvalue weighted by Gasteiger charge is 2.16. The molecule has 35 heavy (non-hydrogen) atoms. The van der Waals surface area contributed by atoms with E-state index in [1.807, 2.05) is 25.1 Å². The van der Waals surface area contributed by atoms with Crippen LogP contribution in [0.3, 0.4) is 0 Å². The van der Waals surface area contributed by atoms with Gasteiger partial charge in [0.25, 0.3) is 5.97 Å². The number of carboxylic acids is 1. The van der Waals surface area contributed by atoms with Crippen LogP contribution in [0.15, 0.2) is 42.7 Å². The molecule has 1 saturated carbocycles. The Morgan fingerprint density at radius 1 is 1.06 bits per heavy atom. The monoisotopic (exact) mass is 476 g/mol. The van der Waals surface area contributed by atoms with E-state index in [2.05, 4.69) is 26.9 Å². The number of carboxylic acid groups (broad SMARTS) is 1. The molecule has 1 fully saturated rings. The predicted molar refractivity (Wildman–Crippen MR) is 133 cm³/mol. The summed E-state index contributed by atoms with van der Waals surface area (Å²) in [7, 11) is 0. The smallest absolute Gasteiger partial charge is 0.300 e. The second-order valence-corrected chi connectivity index (χ2v) is 8.87. The first kappa shape index (κ1) is 24.3. The minimum absolute atomic E-state index is 0.224. The Morgan fingerprint density at radius 3 is 2.43 bits per heavy atom. The molecule has 0 bridgehead atoms. The second-order valence-electron chi connectivity index (χ2n) is 8.87. The summed E-state index contributed by atoms with van der Waals surface area (Å²) >= 11 is 0. The highest BCUT2D eigenvalue weighted by Crippen LogP contribution is 2.29. The third-order valence-corrected chi connectivity index (χ3v) is 6.09. The number of nitrogens with one attached hydrogen (secondary N) is 1. The Kier molecular flexibility index (Phi) is 7.39. The number of benzene rings is 2. The van der Waals surface area contributed by atoms with Gasteiger partial charge in [-0.2, -0.15) is 0 Å². The van der Waals surface area contributed by atoms with Crippen molar-refractivity contribution in [3.8, 4) is 28.5 Å². The van der Waals surface area contributed by atoms with Crippen molar-refractivity contribution >= 4 is 17.0 Å². The molecule has 2 heterocycles. The molecule has 0 amide bonds. The van der Waals surface area contributed by atoms with E-state index in [1.54, 1.807) is 18.5 Å². The molecule has 0 atom stereocenters. The maximum absolute atomic E-state index is 15.0. The van der Waals surface area contributed by atoms with Crippen molar-refractivity contribution in [2.45, 2.75) is 59.0 Å². The SMILES string of the molecule is CC(=O)O.Cc1cc2nc(-c3ccc(-c4cnc(OC5CCCCC5)cn4)cc3F)[nH]c2cc1C. The van der Waals surface area contributed by atoms with Gasteiger partial charge in [-0.1, -0.05) is 12.5 Å². The highest BCUT2D eigenvalue weighted by atomic mass is 19.1. The number of aromatic nitrogens is 4. The van der Waals surface area contributed by atoms with Gasteiger partial charge in [-0.05, 0) is 74.9 Å². The fraction of sp³-hybridized carbons (Fsp3) is 0.333. The Bertz CT molecular complexity index is 1290. The molecule has 0 spiro atoms. The molecule has 0 aliphatic heterocycles. The Balaban J connectivity index is 0.000000672. The summed E-state index contributed by atoms with van der Waals surface area (Å²) in [6.45, 7) is 5.18. The molecule has 0 saturated heterocycles. The summed E-state index contributed by atoms with van der Waals surface area (Å²) in [6.07, 6.45) is 9.30. The molecule has 7 nitrogen and oxygen atoms in total. The quantitative estimate of drug-likeness (QED) is 0.361. The molecule has 182 valence electrons. The molecule has 2 N–H and O–H groups in total. The first-order chi connectivity index (χ1) is 16.8. The number of halogens is 1. The number of fused-ring (bicyclic) bond motifs is 1. The lowest BCUT2D eigenvalue weighted by atomic mass is 9.98. The summed E-state index contributed by atoms with van der Waals surface area (Å²) in [5.41, 5.74) is 5.78. The van der Waals surface area contributed by atoms with Crippen LogP contribution in [0.1, 0.15) is 50.2 Å². The van der Waals surface area contributed by atoms with Crippen molar-refractivity contribution in [1.82, 2.24) is 19.9 Å². The van der Waals surface area contributed by atoms with E-state index in [0.29, 0.717) is 28.5 Å². The number of imidazole rings is 1. The number of ether oxygens (including phenoxy) is 1. The number of hydrogen-bond acceptors (Lipinski definition) is 5. The van der Waals surface area contributed by atoms with E-state index >= 15 is 0 Å². The molecule has 4 aromatic rings. The lowest BCUT2D eigenvalue weighted by molar-refractivity contribution is -0.134. The molecule has 0 unspecified atom stereocenters. The van der Waals surface area contributed by atoms with Crippen molar-refractivity contribution in [2.75, 3.05) is 0 Å². The molecule has 1 aliphatic rings. The number of rotatable bonds is 4. The number of H-pyrrole nitrogens is 1. The zero-order valence-electron chi connectivity index (χ0n) is 20.1. The number of carbonyl (C=O) groups is 1. The van der Waals surface area contributed by atoms with Gasteiger partial charge in [0, 0.05) is 12.5 Å². The Labute approximate surface area is 203 Å². The third kappa shape index (κ3) is 6.01. The van der Waals surface area contributed by atoms with Crippen LogP contribution in [-0.4, -0.2) is 37.1 Å². The second kappa shape index (κ2) is 10.6. The fourth-order valence-corrected chi connectivity index (χ4v) is 4.14. The average Bonchev–Trinajstić information content (AvgIpc) is 3.22. The van der Waals surface area contributed by atoms with Gasteiger partial charge in [0.15, 0.2) is 0 Å². The number of aromatic amines is 1. The first-order valence-corrected chi connectivity index (χ1v) is 11.8. The fourth-order valence-electron chi connectivity index (χ4n) is 4.14. The van der Waals surface area contributed by atoms with Gasteiger partial charge < -0.3 is 14.8 Å². The number of nitrogens with zero attached hydrogens (tertiary/aromatic N) is 3. The van der Waals surface area contributed by atoms with Crippen LogP contribution >= 0.6 is 0 Å². The average molecular weight is 477 g/mol. The van der Waals surface area contributed by atoms with E-state index in [4.69, 9.17) is 14.6 Å². The number of aliphatic carboxylic acids is 1. The minimum Gasteiger partial charge on any atom is -0.481 e. The summed E-state index contributed by atoms with van der Waals surface area (Å²) in [4.78, 5) is 25.6. The maximum atomic E-state index is 15.0. The topological polar surface area (TPSA) is 101 Å². The van der Waals surface area contributed by atoms with Gasteiger partial charge in [-0.3, -0.25) is 4.79 Å². The lowest BCUT2D eigenvalue weighted by Crippen LogP contribution is -2.20. The van der Waals surface area contributed by atoms with E-state index < -0.39 is 5.97 Å². The maximum Gasteiger partial charge on any atom is 0.300 e. The minimum atomic E-state index is -0.833. The standard InChI is InChI=1S/C25H25FN4O.C2H4O2/c1-15-10-21-22(11-16(15)2)30-25(29-21)19-9-8-17(12-20(19)26)23-13-28-24(14-27-23)31-18-6-4-3-5-7-18;1-2(3)4/h8-14,18H,3-7H2,1-2H3,(H,29,30);1H3,(H,3,4). The van der Waals surface area contributed by atoms with Gasteiger partial charge in [-0.25, -0.2) is 19.3 Å². The van der Waals surface area contributed by atoms with Crippen molar-refractivity contribution < 1.29 is 19.0 Å². The van der Waals surface area contributed by atoms with E-state index in [9.17, 15) is 4.39 Å². The van der Waals surface area contributed by atoms with Crippen LogP contribution in [0.4, 0.5) is 4.39 Å². The van der Waals surface area contributed by atoms with Gasteiger partial charge >= 0.3 is 0 Å². The zero-order chi connectivity index (χ0) is 24.9. The first-order valence-electron chi connectivity index (χ1n) is 11.8. The van der Waals surface area contributed by atoms with Crippen LogP contribution < -0.4 is 4.74 Å². The molecular weight excluding hydrogens is 447 g/mol. The van der Waals surface area contributed by atoms with E-state index in [0.717, 1.165) is 36.4 Å². The zero-order valence-corrected chi connectivity index (χ0v) is 20.1. The predicted octanol–water partition coefficient (Wildman–Crippen LogP) is 6.25. The molecule has 2 aromatic heterocycles.